The zero-order valence-corrected chi connectivity index (χ0v) is 26.9. The Bertz CT molecular complexity index is 1270. The van der Waals surface area contributed by atoms with Crippen LogP contribution in [0, 0.1) is 50.2 Å². The van der Waals surface area contributed by atoms with Crippen molar-refractivity contribution in [1.29, 1.82) is 0 Å². The zero-order chi connectivity index (χ0) is 31.6. The molecule has 2 N–H and O–H groups in total. The smallest absolute Gasteiger partial charge is 0.311 e. The number of hydrogen-bond donors (Lipinski definition) is 2. The molecule has 0 amide bonds. The van der Waals surface area contributed by atoms with Crippen LogP contribution in [0.1, 0.15) is 112 Å². The molecule has 1 saturated heterocycles. The van der Waals surface area contributed by atoms with Gasteiger partial charge in [-0.05, 0) is 111 Å². The summed E-state index contributed by atoms with van der Waals surface area (Å²) in [6.45, 7) is 13.1. The molecule has 43 heavy (non-hydrogen) atoms. The van der Waals surface area contributed by atoms with Crippen LogP contribution in [0.2, 0.25) is 0 Å². The second kappa shape index (κ2) is 9.35. The van der Waals surface area contributed by atoms with E-state index < -0.39 is 34.1 Å². The van der Waals surface area contributed by atoms with Gasteiger partial charge in [-0.15, -0.1) is 0 Å². The van der Waals surface area contributed by atoms with Crippen LogP contribution in [0.5, 0.6) is 0 Å². The molecule has 0 aromatic heterocycles. The zero-order valence-electron chi connectivity index (χ0n) is 26.9. The highest BCUT2D eigenvalue weighted by molar-refractivity contribution is 5.96. The van der Waals surface area contributed by atoms with Gasteiger partial charge in [-0.25, -0.2) is 8.78 Å². The Balaban J connectivity index is 1.39. The van der Waals surface area contributed by atoms with Gasteiger partial charge in [0.15, 0.2) is 5.78 Å². The summed E-state index contributed by atoms with van der Waals surface area (Å²) in [5, 5.41) is 21.0. The third-order valence-electron chi connectivity index (χ3n) is 15.2. The number of halogens is 2. The van der Waals surface area contributed by atoms with Crippen molar-refractivity contribution in [2.24, 2.45) is 50.2 Å². The minimum Gasteiger partial charge on any atom is -0.481 e. The molecule has 6 nitrogen and oxygen atoms in total. The molecular weight excluding hydrogens is 552 g/mol. The van der Waals surface area contributed by atoms with Gasteiger partial charge in [-0.2, -0.15) is 0 Å². The van der Waals surface area contributed by atoms with Crippen LogP contribution < -0.4 is 0 Å². The molecular formula is C35H51F2NO5. The number of piperidine rings is 1. The molecule has 5 fully saturated rings. The van der Waals surface area contributed by atoms with Gasteiger partial charge < -0.3 is 10.2 Å². The lowest BCUT2D eigenvalue weighted by Crippen LogP contribution is -2.69. The fraction of sp³-hybridized carbons (Fsp3) is 0.857. The molecule has 10 atom stereocenters. The van der Waals surface area contributed by atoms with Crippen molar-refractivity contribution in [2.45, 2.75) is 124 Å². The fourth-order valence-electron chi connectivity index (χ4n) is 12.1. The minimum absolute atomic E-state index is 0.0317. The highest BCUT2D eigenvalue weighted by atomic mass is 19.3. The standard InChI is InChI=1S/C35H51F2NO5/c1-29-11-12-30(2,27(40)41)20-22(29)21-19-23(39)26-31(3)9-8-25(38-17-15-35(36,37)16-18-38)34(6,28(42)43)24(31)7-10-33(26,5)32(21,4)14-13-29/h19,22,24-26H,7-18,20H2,1-6H3,(H,40,41)(H,42,43)/t22-,24+,25-,26+,29+,30-,31-,32+,33+,34-/m0/s1. The topological polar surface area (TPSA) is 94.9 Å². The van der Waals surface area contributed by atoms with Gasteiger partial charge in [0.05, 0.1) is 10.8 Å². The molecule has 0 aromatic rings. The van der Waals surface area contributed by atoms with Crippen LogP contribution in [0.25, 0.3) is 0 Å². The number of allylic oxidation sites excluding steroid dienone is 2. The van der Waals surface area contributed by atoms with Crippen molar-refractivity contribution < 1.29 is 33.4 Å². The van der Waals surface area contributed by atoms with Gasteiger partial charge in [-0.3, -0.25) is 19.3 Å². The SMILES string of the molecule is C[C@]1(C(=O)O)CC[C@]2(C)CC[C@]3(C)C(=CC(=O)[C@@H]4[C@@]5(C)CC[C@H](N6CCC(F)(F)CC6)[C@@](C)(C(=O)O)[C@@H]5CC[C@]43C)[C@@H]2C1. The van der Waals surface area contributed by atoms with E-state index in [1.807, 2.05) is 24.8 Å². The third-order valence-corrected chi connectivity index (χ3v) is 15.2. The van der Waals surface area contributed by atoms with Crippen LogP contribution >= 0.6 is 0 Å². The maximum atomic E-state index is 14.6. The maximum absolute atomic E-state index is 14.6. The van der Waals surface area contributed by atoms with Crippen molar-refractivity contribution in [1.82, 2.24) is 4.90 Å². The summed E-state index contributed by atoms with van der Waals surface area (Å²) in [6.07, 6.45) is 8.05. The number of ketones is 1. The Morgan fingerprint density at radius 3 is 2.07 bits per heavy atom. The predicted molar refractivity (Wildman–Crippen MR) is 159 cm³/mol. The predicted octanol–water partition coefficient (Wildman–Crippen LogP) is 7.22. The summed E-state index contributed by atoms with van der Waals surface area (Å²) in [5.74, 6) is -4.82. The number of rotatable bonds is 3. The second-order valence-corrected chi connectivity index (χ2v) is 17.1. The Hall–Kier alpha value is -1.83. The molecule has 0 unspecified atom stereocenters. The first-order valence-electron chi connectivity index (χ1n) is 16.6. The molecule has 6 rings (SSSR count). The second-order valence-electron chi connectivity index (χ2n) is 17.1. The number of hydrogen-bond acceptors (Lipinski definition) is 4. The van der Waals surface area contributed by atoms with Crippen molar-refractivity contribution in [3.63, 3.8) is 0 Å². The van der Waals surface area contributed by atoms with Crippen LogP contribution in [0.4, 0.5) is 8.78 Å². The number of carbonyl (C=O) groups excluding carboxylic acids is 1. The minimum atomic E-state index is -2.70. The Labute approximate surface area is 255 Å². The molecule has 0 aromatic carbocycles. The van der Waals surface area contributed by atoms with Crippen molar-refractivity contribution in [2.75, 3.05) is 13.1 Å². The van der Waals surface area contributed by atoms with E-state index in [4.69, 9.17) is 0 Å². The van der Waals surface area contributed by atoms with E-state index in [-0.39, 0.29) is 71.8 Å². The third kappa shape index (κ3) is 4.05. The Morgan fingerprint density at radius 1 is 0.837 bits per heavy atom. The number of alkyl halides is 2. The molecule has 6 aliphatic rings. The fourth-order valence-corrected chi connectivity index (χ4v) is 12.1. The van der Waals surface area contributed by atoms with Gasteiger partial charge in [0.25, 0.3) is 5.92 Å². The largest absolute Gasteiger partial charge is 0.481 e. The first kappa shape index (κ1) is 31.2. The van der Waals surface area contributed by atoms with E-state index >= 15 is 0 Å². The number of aliphatic carboxylic acids is 2. The van der Waals surface area contributed by atoms with Gasteiger partial charge in [0.1, 0.15) is 0 Å². The summed E-state index contributed by atoms with van der Waals surface area (Å²) >= 11 is 0. The molecule has 8 heteroatoms. The molecule has 1 aliphatic heterocycles. The van der Waals surface area contributed by atoms with Crippen LogP contribution in [0.3, 0.4) is 0 Å². The monoisotopic (exact) mass is 603 g/mol. The molecule has 1 heterocycles. The number of carboxylic acid groups (broad SMARTS) is 2. The van der Waals surface area contributed by atoms with Crippen molar-refractivity contribution >= 4 is 17.7 Å². The summed E-state index contributed by atoms with van der Waals surface area (Å²) < 4.78 is 28.1. The molecule has 5 aliphatic carbocycles. The number of nitrogens with zero attached hydrogens (tertiary/aromatic N) is 1. The average molecular weight is 604 g/mol. The molecule has 4 saturated carbocycles. The average Bonchev–Trinajstić information content (AvgIpc) is 2.91. The number of fused-ring (bicyclic) bond motifs is 7. The van der Waals surface area contributed by atoms with Crippen molar-refractivity contribution in [3.8, 4) is 0 Å². The maximum Gasteiger partial charge on any atom is 0.311 e. The van der Waals surface area contributed by atoms with E-state index in [9.17, 15) is 33.4 Å². The van der Waals surface area contributed by atoms with E-state index in [2.05, 4.69) is 27.7 Å². The van der Waals surface area contributed by atoms with Gasteiger partial charge in [0, 0.05) is 37.9 Å². The van der Waals surface area contributed by atoms with E-state index in [1.54, 1.807) is 0 Å². The lowest BCUT2D eigenvalue weighted by Gasteiger charge is -2.70. The first-order valence-corrected chi connectivity index (χ1v) is 16.6. The number of carboxylic acids is 2. The lowest BCUT2D eigenvalue weighted by molar-refractivity contribution is -0.211. The first-order chi connectivity index (χ1) is 19.8. The quantitative estimate of drug-likeness (QED) is 0.354. The summed E-state index contributed by atoms with van der Waals surface area (Å²) in [6, 6.07) is -0.338. The summed E-state index contributed by atoms with van der Waals surface area (Å²) in [5.41, 5.74) is -2.05. The van der Waals surface area contributed by atoms with Gasteiger partial charge in [0.2, 0.25) is 0 Å². The molecule has 0 radical (unpaired) electrons. The number of likely N-dealkylation sites (tertiary alicyclic amines) is 1. The highest BCUT2D eigenvalue weighted by Gasteiger charge is 2.72. The van der Waals surface area contributed by atoms with E-state index in [0.29, 0.717) is 32.1 Å². The van der Waals surface area contributed by atoms with Gasteiger partial charge in [-0.1, -0.05) is 33.3 Å². The Morgan fingerprint density at radius 2 is 1.47 bits per heavy atom. The van der Waals surface area contributed by atoms with Gasteiger partial charge >= 0.3 is 11.9 Å². The highest BCUT2D eigenvalue weighted by Crippen LogP contribution is 2.75. The molecule has 0 bridgehead atoms. The van der Waals surface area contributed by atoms with Crippen LogP contribution in [0.15, 0.2) is 11.6 Å². The lowest BCUT2D eigenvalue weighted by atomic mass is 9.33. The van der Waals surface area contributed by atoms with E-state index in [1.165, 1.54) is 0 Å². The number of carbonyl (C=O) groups is 3. The summed E-state index contributed by atoms with van der Waals surface area (Å²) in [4.78, 5) is 42.2. The summed E-state index contributed by atoms with van der Waals surface area (Å²) in [7, 11) is 0. The van der Waals surface area contributed by atoms with Crippen molar-refractivity contribution in [3.05, 3.63) is 11.6 Å². The normalized spacial score (nSPS) is 51.3. The van der Waals surface area contributed by atoms with Crippen LogP contribution in [-0.2, 0) is 14.4 Å². The molecule has 0 spiro atoms. The van der Waals surface area contributed by atoms with E-state index in [0.717, 1.165) is 31.3 Å². The Kier molecular flexibility index (Phi) is 6.78. The van der Waals surface area contributed by atoms with Crippen LogP contribution in [-0.4, -0.2) is 57.9 Å². The molecule has 240 valence electrons.